The third kappa shape index (κ3) is 2.95. The van der Waals surface area contributed by atoms with Gasteiger partial charge in [0.2, 0.25) is 10.0 Å². The molecule has 2 aromatic carbocycles. The van der Waals surface area contributed by atoms with Gasteiger partial charge < -0.3 is 4.42 Å². The van der Waals surface area contributed by atoms with Crippen molar-refractivity contribution in [2.75, 3.05) is 0 Å². The molecule has 0 spiro atoms. The minimum Gasteiger partial charge on any atom is -0.408 e. The van der Waals surface area contributed by atoms with Crippen molar-refractivity contribution in [1.29, 1.82) is 0 Å². The fourth-order valence-electron chi connectivity index (χ4n) is 2.15. The van der Waals surface area contributed by atoms with E-state index in [0.29, 0.717) is 11.1 Å². The first-order chi connectivity index (χ1) is 10.4. The fraction of sp³-hybridized carbons (Fsp3) is 0.133. The molecule has 3 rings (SSSR count). The number of aromatic amines is 1. The van der Waals surface area contributed by atoms with Gasteiger partial charge in [0.25, 0.3) is 0 Å². The summed E-state index contributed by atoms with van der Waals surface area (Å²) in [7, 11) is -3.57. The third-order valence-electron chi connectivity index (χ3n) is 3.25. The number of benzene rings is 2. The minimum absolute atomic E-state index is 0.124. The fourth-order valence-corrected chi connectivity index (χ4v) is 3.28. The highest BCUT2D eigenvalue weighted by Gasteiger charge is 2.13. The van der Waals surface area contributed by atoms with Crippen LogP contribution < -0.4 is 10.5 Å². The lowest BCUT2D eigenvalue weighted by atomic mass is 10.2. The Morgan fingerprint density at radius 1 is 1.18 bits per heavy atom. The molecule has 0 radical (unpaired) electrons. The molecule has 0 aliphatic carbocycles. The first-order valence-electron chi connectivity index (χ1n) is 6.62. The molecule has 0 saturated heterocycles. The monoisotopic (exact) mass is 318 g/mol. The van der Waals surface area contributed by atoms with Crippen LogP contribution in [0.3, 0.4) is 0 Å². The lowest BCUT2D eigenvalue weighted by molar-refractivity contribution is 0.555. The Morgan fingerprint density at radius 2 is 2.00 bits per heavy atom. The Bertz CT molecular complexity index is 986. The maximum atomic E-state index is 12.2. The van der Waals surface area contributed by atoms with Crippen molar-refractivity contribution in [3.8, 4) is 0 Å². The minimum atomic E-state index is -3.57. The maximum absolute atomic E-state index is 12.2. The van der Waals surface area contributed by atoms with Gasteiger partial charge in [-0.1, -0.05) is 18.2 Å². The Hall–Kier alpha value is -2.38. The van der Waals surface area contributed by atoms with Crippen molar-refractivity contribution in [2.45, 2.75) is 18.4 Å². The number of sulfonamides is 1. The van der Waals surface area contributed by atoms with E-state index in [4.69, 9.17) is 4.42 Å². The van der Waals surface area contributed by atoms with Gasteiger partial charge in [0.1, 0.15) is 0 Å². The maximum Gasteiger partial charge on any atom is 0.417 e. The summed E-state index contributed by atoms with van der Waals surface area (Å²) in [6, 6.07) is 11.7. The van der Waals surface area contributed by atoms with Crippen LogP contribution in [0.4, 0.5) is 0 Å². The summed E-state index contributed by atoms with van der Waals surface area (Å²) in [6.45, 7) is 1.96. The molecular weight excluding hydrogens is 304 g/mol. The Kier molecular flexibility index (Phi) is 3.59. The molecule has 114 valence electrons. The predicted molar refractivity (Wildman–Crippen MR) is 82.0 cm³/mol. The summed E-state index contributed by atoms with van der Waals surface area (Å²) < 4.78 is 31.9. The molecule has 0 fully saturated rings. The van der Waals surface area contributed by atoms with Crippen molar-refractivity contribution < 1.29 is 12.8 Å². The number of aryl methyl sites for hydroxylation is 1. The second-order valence-electron chi connectivity index (χ2n) is 4.99. The van der Waals surface area contributed by atoms with E-state index in [1.54, 1.807) is 36.4 Å². The molecule has 0 saturated carbocycles. The van der Waals surface area contributed by atoms with Crippen LogP contribution in [0.1, 0.15) is 11.1 Å². The van der Waals surface area contributed by atoms with E-state index in [1.807, 2.05) is 13.0 Å². The van der Waals surface area contributed by atoms with Gasteiger partial charge in [-0.25, -0.2) is 17.9 Å². The molecule has 0 aliphatic heterocycles. The van der Waals surface area contributed by atoms with Gasteiger partial charge in [-0.3, -0.25) is 4.98 Å². The van der Waals surface area contributed by atoms with Gasteiger partial charge in [-0.05, 0) is 42.3 Å². The summed E-state index contributed by atoms with van der Waals surface area (Å²) in [4.78, 5) is 13.9. The average Bonchev–Trinajstić information content (AvgIpc) is 2.84. The zero-order chi connectivity index (χ0) is 15.7. The molecular formula is C15H14N2O4S. The van der Waals surface area contributed by atoms with Crippen LogP contribution in [0.5, 0.6) is 0 Å². The van der Waals surface area contributed by atoms with Crippen LogP contribution in [0.2, 0.25) is 0 Å². The van der Waals surface area contributed by atoms with Crippen LogP contribution in [0, 0.1) is 6.92 Å². The number of oxazole rings is 1. The molecule has 0 aliphatic rings. The predicted octanol–water partition coefficient (Wildman–Crippen LogP) is 1.91. The van der Waals surface area contributed by atoms with Crippen LogP contribution in [-0.4, -0.2) is 13.4 Å². The van der Waals surface area contributed by atoms with Crippen LogP contribution in [0.25, 0.3) is 11.1 Å². The summed E-state index contributed by atoms with van der Waals surface area (Å²) in [5.41, 5.74) is 2.58. The van der Waals surface area contributed by atoms with Crippen molar-refractivity contribution >= 4 is 21.1 Å². The second-order valence-corrected chi connectivity index (χ2v) is 6.75. The van der Waals surface area contributed by atoms with Crippen LogP contribution in [-0.2, 0) is 16.6 Å². The van der Waals surface area contributed by atoms with Crippen LogP contribution in [0.15, 0.2) is 56.6 Å². The van der Waals surface area contributed by atoms with Crippen molar-refractivity contribution in [3.63, 3.8) is 0 Å². The highest BCUT2D eigenvalue weighted by molar-refractivity contribution is 7.89. The van der Waals surface area contributed by atoms with Gasteiger partial charge in [0.15, 0.2) is 5.58 Å². The molecule has 0 bridgehead atoms. The molecule has 7 heteroatoms. The first kappa shape index (κ1) is 14.6. The van der Waals surface area contributed by atoms with E-state index in [0.717, 1.165) is 11.1 Å². The van der Waals surface area contributed by atoms with E-state index in [1.165, 1.54) is 0 Å². The number of hydrogen-bond acceptors (Lipinski definition) is 4. The number of aromatic nitrogens is 1. The van der Waals surface area contributed by atoms with E-state index < -0.39 is 15.8 Å². The molecule has 6 nitrogen and oxygen atoms in total. The van der Waals surface area contributed by atoms with Gasteiger partial charge in [-0.15, -0.1) is 0 Å². The van der Waals surface area contributed by atoms with Gasteiger partial charge >= 0.3 is 5.76 Å². The average molecular weight is 318 g/mol. The van der Waals surface area contributed by atoms with Crippen molar-refractivity contribution in [2.24, 2.45) is 0 Å². The zero-order valence-electron chi connectivity index (χ0n) is 11.8. The quantitative estimate of drug-likeness (QED) is 0.768. The lowest BCUT2D eigenvalue weighted by Crippen LogP contribution is -2.23. The number of hydrogen-bond donors (Lipinski definition) is 2. The molecule has 0 amide bonds. The number of rotatable bonds is 4. The van der Waals surface area contributed by atoms with Gasteiger partial charge in [0, 0.05) is 6.54 Å². The summed E-state index contributed by atoms with van der Waals surface area (Å²) in [5.74, 6) is -0.535. The summed E-state index contributed by atoms with van der Waals surface area (Å²) >= 11 is 0. The Labute approximate surface area is 126 Å². The van der Waals surface area contributed by atoms with E-state index in [2.05, 4.69) is 9.71 Å². The number of nitrogens with one attached hydrogen (secondary N) is 2. The molecule has 1 aromatic heterocycles. The van der Waals surface area contributed by atoms with E-state index in [-0.39, 0.29) is 11.4 Å². The molecule has 0 atom stereocenters. The molecule has 22 heavy (non-hydrogen) atoms. The standard InChI is InChI=1S/C15H14N2O4S/c1-10-3-2-4-12(7-10)22(19,20)16-9-11-5-6-14-13(8-11)17-15(18)21-14/h2-8,16H,9H2,1H3,(H,17,18). The highest BCUT2D eigenvalue weighted by atomic mass is 32.2. The largest absolute Gasteiger partial charge is 0.417 e. The molecule has 0 unspecified atom stereocenters. The Morgan fingerprint density at radius 3 is 2.77 bits per heavy atom. The van der Waals surface area contributed by atoms with E-state index >= 15 is 0 Å². The SMILES string of the molecule is Cc1cccc(S(=O)(=O)NCc2ccc3oc(=O)[nH]c3c2)c1. The van der Waals surface area contributed by atoms with Crippen LogP contribution >= 0.6 is 0 Å². The summed E-state index contributed by atoms with van der Waals surface area (Å²) in [5, 5.41) is 0. The van der Waals surface area contributed by atoms with Crippen molar-refractivity contribution in [1.82, 2.24) is 9.71 Å². The highest BCUT2D eigenvalue weighted by Crippen LogP contribution is 2.14. The second kappa shape index (κ2) is 5.43. The summed E-state index contributed by atoms with van der Waals surface area (Å²) in [6.07, 6.45) is 0. The first-order valence-corrected chi connectivity index (χ1v) is 8.10. The number of fused-ring (bicyclic) bond motifs is 1. The normalized spacial score (nSPS) is 11.9. The topological polar surface area (TPSA) is 92.2 Å². The van der Waals surface area contributed by atoms with Gasteiger partial charge in [0.05, 0.1) is 10.4 Å². The lowest BCUT2D eigenvalue weighted by Gasteiger charge is -2.07. The Balaban J connectivity index is 1.82. The molecule has 1 heterocycles. The molecule has 3 aromatic rings. The smallest absolute Gasteiger partial charge is 0.408 e. The third-order valence-corrected chi connectivity index (χ3v) is 4.65. The molecule has 2 N–H and O–H groups in total. The number of H-pyrrole nitrogens is 1. The zero-order valence-corrected chi connectivity index (χ0v) is 12.6. The van der Waals surface area contributed by atoms with Crippen molar-refractivity contribution in [3.05, 3.63) is 64.1 Å². The van der Waals surface area contributed by atoms with Gasteiger partial charge in [-0.2, -0.15) is 0 Å². The van der Waals surface area contributed by atoms with E-state index in [9.17, 15) is 13.2 Å².